The maximum absolute atomic E-state index is 13.9. The second-order valence-corrected chi connectivity index (χ2v) is 9.84. The number of halogens is 2. The van der Waals surface area contributed by atoms with Gasteiger partial charge in [0.1, 0.15) is 17.4 Å². The fraction of sp³-hybridized carbons (Fsp3) is 0.250. The van der Waals surface area contributed by atoms with Gasteiger partial charge in [0, 0.05) is 19.2 Å². The van der Waals surface area contributed by atoms with Gasteiger partial charge in [0.2, 0.25) is 0 Å². The molecule has 0 spiro atoms. The highest BCUT2D eigenvalue weighted by Crippen LogP contribution is 2.19. The van der Waals surface area contributed by atoms with Crippen molar-refractivity contribution in [2.75, 3.05) is 11.9 Å². The third-order valence-corrected chi connectivity index (χ3v) is 6.63. The summed E-state index contributed by atoms with van der Waals surface area (Å²) in [6.45, 7) is 4.38. The molecule has 1 heterocycles. The van der Waals surface area contributed by atoms with Crippen molar-refractivity contribution in [1.82, 2.24) is 10.6 Å². The molecule has 9 heteroatoms. The van der Waals surface area contributed by atoms with Crippen LogP contribution in [0.1, 0.15) is 50.3 Å². The fourth-order valence-electron chi connectivity index (χ4n) is 4.51. The Balaban J connectivity index is 1.50. The summed E-state index contributed by atoms with van der Waals surface area (Å²) in [5.41, 5.74) is 2.90. The average Bonchev–Trinajstić information content (AvgIpc) is 3.39. The monoisotopic (exact) mass is 561 g/mol. The fourth-order valence-corrected chi connectivity index (χ4v) is 4.51. The molecule has 0 fully saturated rings. The molecule has 1 aromatic heterocycles. The van der Waals surface area contributed by atoms with Gasteiger partial charge in [-0.2, -0.15) is 0 Å². The van der Waals surface area contributed by atoms with Crippen molar-refractivity contribution < 1.29 is 27.9 Å². The number of hydrogen-bond acceptors (Lipinski definition) is 5. The summed E-state index contributed by atoms with van der Waals surface area (Å²) in [5, 5.41) is 19.8. The van der Waals surface area contributed by atoms with Crippen molar-refractivity contribution >= 4 is 17.5 Å². The van der Waals surface area contributed by atoms with Gasteiger partial charge in [-0.15, -0.1) is 0 Å². The van der Waals surface area contributed by atoms with E-state index in [2.05, 4.69) is 28.9 Å². The molecule has 0 aliphatic heterocycles. The molecule has 0 unspecified atom stereocenters. The van der Waals surface area contributed by atoms with Crippen LogP contribution < -0.4 is 16.0 Å². The van der Waals surface area contributed by atoms with E-state index in [1.807, 2.05) is 18.2 Å². The molecule has 0 saturated heterocycles. The summed E-state index contributed by atoms with van der Waals surface area (Å²) in [6.07, 6.45) is -0.236. The molecule has 3 aromatic carbocycles. The Morgan fingerprint density at radius 3 is 2.32 bits per heavy atom. The van der Waals surface area contributed by atoms with Crippen LogP contribution in [0, 0.1) is 18.6 Å². The van der Waals surface area contributed by atoms with Crippen molar-refractivity contribution in [1.29, 1.82) is 0 Å². The van der Waals surface area contributed by atoms with Crippen molar-refractivity contribution in [3.8, 4) is 0 Å². The number of para-hydroxylation sites is 1. The summed E-state index contributed by atoms with van der Waals surface area (Å²) in [7, 11) is 0. The Kier molecular flexibility index (Phi) is 10.00. The lowest BCUT2D eigenvalue weighted by atomic mass is 9.99. The third kappa shape index (κ3) is 8.33. The molecule has 0 saturated carbocycles. The van der Waals surface area contributed by atoms with Gasteiger partial charge in [0.05, 0.1) is 23.4 Å². The van der Waals surface area contributed by atoms with Crippen LogP contribution in [0.2, 0.25) is 0 Å². The number of carbonyl (C=O) groups excluding carboxylic acids is 2. The first-order valence-corrected chi connectivity index (χ1v) is 13.4. The number of aryl methyl sites for hydroxylation is 2. The molecular formula is C32H33F2N3O4. The Morgan fingerprint density at radius 1 is 0.878 bits per heavy atom. The Hall–Kier alpha value is -4.34. The number of aliphatic hydroxyl groups excluding tert-OH is 1. The molecule has 2 atom stereocenters. The minimum Gasteiger partial charge on any atom is -0.456 e. The molecule has 41 heavy (non-hydrogen) atoms. The van der Waals surface area contributed by atoms with E-state index in [1.165, 1.54) is 17.7 Å². The summed E-state index contributed by atoms with van der Waals surface area (Å²) in [6, 6.07) is 19.8. The minimum absolute atomic E-state index is 0.0330. The Bertz CT molecular complexity index is 1480. The van der Waals surface area contributed by atoms with Gasteiger partial charge >= 0.3 is 0 Å². The number of benzene rings is 3. The van der Waals surface area contributed by atoms with E-state index in [-0.39, 0.29) is 35.5 Å². The molecule has 4 N–H and O–H groups in total. The van der Waals surface area contributed by atoms with Gasteiger partial charge in [0.25, 0.3) is 11.8 Å². The number of hydrogen-bond donors (Lipinski definition) is 4. The van der Waals surface area contributed by atoms with Crippen LogP contribution in [0.3, 0.4) is 0 Å². The van der Waals surface area contributed by atoms with Crippen LogP contribution in [0.4, 0.5) is 14.5 Å². The average molecular weight is 562 g/mol. The molecular weight excluding hydrogens is 528 g/mol. The van der Waals surface area contributed by atoms with Gasteiger partial charge in [-0.3, -0.25) is 9.59 Å². The van der Waals surface area contributed by atoms with Crippen LogP contribution in [0.15, 0.2) is 83.3 Å². The topological polar surface area (TPSA) is 104 Å². The molecule has 4 rings (SSSR count). The van der Waals surface area contributed by atoms with E-state index in [0.717, 1.165) is 30.2 Å². The number of anilines is 1. The van der Waals surface area contributed by atoms with Crippen LogP contribution in [-0.4, -0.2) is 35.6 Å². The van der Waals surface area contributed by atoms with E-state index >= 15 is 0 Å². The number of carbonyl (C=O) groups is 2. The zero-order chi connectivity index (χ0) is 29.4. The van der Waals surface area contributed by atoms with E-state index in [9.17, 15) is 23.5 Å². The lowest BCUT2D eigenvalue weighted by Crippen LogP contribution is -2.48. The van der Waals surface area contributed by atoms with E-state index in [1.54, 1.807) is 31.2 Å². The Morgan fingerprint density at radius 2 is 1.61 bits per heavy atom. The van der Waals surface area contributed by atoms with Gasteiger partial charge in [-0.1, -0.05) is 43.3 Å². The molecule has 2 amide bonds. The summed E-state index contributed by atoms with van der Waals surface area (Å²) < 4.78 is 33.2. The highest BCUT2D eigenvalue weighted by atomic mass is 19.1. The number of amides is 2. The first-order valence-electron chi connectivity index (χ1n) is 13.4. The number of furan rings is 1. The molecule has 7 nitrogen and oxygen atoms in total. The zero-order valence-electron chi connectivity index (χ0n) is 22.9. The number of rotatable bonds is 12. The predicted octanol–water partition coefficient (Wildman–Crippen LogP) is 5.17. The maximum Gasteiger partial charge on any atom is 0.291 e. The van der Waals surface area contributed by atoms with Gasteiger partial charge in [-0.05, 0) is 72.9 Å². The van der Waals surface area contributed by atoms with Crippen molar-refractivity contribution in [2.24, 2.45) is 0 Å². The van der Waals surface area contributed by atoms with Crippen LogP contribution in [0.25, 0.3) is 0 Å². The largest absolute Gasteiger partial charge is 0.456 e. The second-order valence-electron chi connectivity index (χ2n) is 9.84. The standard InChI is InChI=1S/C32H33F2N3O4/c1-3-21-7-6-8-22(13-21)18-35-19-29(38)28(16-23-14-24(33)17-25(34)15-23)37-31(39)26-9-4-5-10-27(26)36-32(40)30-12-11-20(2)41-30/h4-15,17,28-29,35,38H,3,16,18-19H2,1-2H3,(H,36,40)(H,37,39)/t28-,29-/m0/s1. The SMILES string of the molecule is CCc1cccc(CNC[C@H](O)[C@H](Cc2cc(F)cc(F)c2)NC(=O)c2ccccc2NC(=O)c2ccc(C)o2)c1. The minimum atomic E-state index is -1.10. The molecule has 214 valence electrons. The summed E-state index contributed by atoms with van der Waals surface area (Å²) >= 11 is 0. The smallest absolute Gasteiger partial charge is 0.291 e. The van der Waals surface area contributed by atoms with Gasteiger partial charge in [0.15, 0.2) is 5.76 Å². The van der Waals surface area contributed by atoms with Gasteiger partial charge in [-0.25, -0.2) is 8.78 Å². The highest BCUT2D eigenvalue weighted by molar-refractivity contribution is 6.08. The summed E-state index contributed by atoms with van der Waals surface area (Å²) in [5.74, 6) is -1.95. The summed E-state index contributed by atoms with van der Waals surface area (Å²) in [4.78, 5) is 26.1. The lowest BCUT2D eigenvalue weighted by Gasteiger charge is -2.25. The van der Waals surface area contributed by atoms with Crippen molar-refractivity contribution in [3.63, 3.8) is 0 Å². The molecule has 0 radical (unpaired) electrons. The van der Waals surface area contributed by atoms with Crippen LogP contribution in [-0.2, 0) is 19.4 Å². The zero-order valence-corrected chi connectivity index (χ0v) is 22.9. The Labute approximate surface area is 237 Å². The first kappa shape index (κ1) is 29.6. The maximum atomic E-state index is 13.9. The quantitative estimate of drug-likeness (QED) is 0.191. The van der Waals surface area contributed by atoms with Crippen molar-refractivity contribution in [3.05, 3.63) is 124 Å². The van der Waals surface area contributed by atoms with E-state index in [0.29, 0.717) is 12.3 Å². The normalized spacial score (nSPS) is 12.5. The molecule has 0 aliphatic rings. The highest BCUT2D eigenvalue weighted by Gasteiger charge is 2.25. The molecule has 4 aromatic rings. The predicted molar refractivity (Wildman–Crippen MR) is 153 cm³/mol. The number of nitrogens with one attached hydrogen (secondary N) is 3. The van der Waals surface area contributed by atoms with E-state index < -0.39 is 35.6 Å². The lowest BCUT2D eigenvalue weighted by molar-refractivity contribution is 0.0830. The second kappa shape index (κ2) is 13.8. The van der Waals surface area contributed by atoms with Crippen LogP contribution in [0.5, 0.6) is 0 Å². The van der Waals surface area contributed by atoms with Crippen LogP contribution >= 0.6 is 0 Å². The third-order valence-electron chi connectivity index (χ3n) is 6.63. The van der Waals surface area contributed by atoms with E-state index in [4.69, 9.17) is 4.42 Å². The molecule has 0 aliphatic carbocycles. The number of aliphatic hydroxyl groups is 1. The van der Waals surface area contributed by atoms with Gasteiger partial charge < -0.3 is 25.5 Å². The molecule has 0 bridgehead atoms. The first-order chi connectivity index (χ1) is 19.7. The van der Waals surface area contributed by atoms with Crippen molar-refractivity contribution in [2.45, 2.75) is 45.4 Å².